The summed E-state index contributed by atoms with van der Waals surface area (Å²) in [6.45, 7) is 6.26. The number of carbonyl (C=O) groups is 1. The Hall–Kier alpha value is -0.610. The molecule has 1 heterocycles. The summed E-state index contributed by atoms with van der Waals surface area (Å²) in [7, 11) is 0. The molecule has 0 bridgehead atoms. The lowest BCUT2D eigenvalue weighted by Crippen LogP contribution is -2.57. The molecule has 1 aliphatic heterocycles. The Bertz CT molecular complexity index is 221. The van der Waals surface area contributed by atoms with Crippen molar-refractivity contribution in [3.63, 3.8) is 0 Å². The number of carbonyl (C=O) groups excluding carboxylic acids is 1. The van der Waals surface area contributed by atoms with Gasteiger partial charge in [-0.15, -0.1) is 0 Å². The van der Waals surface area contributed by atoms with Crippen LogP contribution < -0.4 is 10.6 Å². The fourth-order valence-corrected chi connectivity index (χ4v) is 1.58. The molecule has 0 aromatic carbocycles. The maximum atomic E-state index is 11.8. The first kappa shape index (κ1) is 12.5. The second-order valence-corrected chi connectivity index (χ2v) is 4.89. The Balaban J connectivity index is 2.47. The van der Waals surface area contributed by atoms with E-state index in [1.165, 1.54) is 0 Å². The third kappa shape index (κ3) is 3.47. The van der Waals surface area contributed by atoms with Crippen molar-refractivity contribution in [2.24, 2.45) is 0 Å². The lowest BCUT2D eigenvalue weighted by molar-refractivity contribution is -0.126. The van der Waals surface area contributed by atoms with Crippen molar-refractivity contribution < 1.29 is 9.90 Å². The molecule has 0 aromatic rings. The highest BCUT2D eigenvalue weighted by molar-refractivity contribution is 5.82. The molecule has 2 atom stereocenters. The van der Waals surface area contributed by atoms with E-state index >= 15 is 0 Å². The van der Waals surface area contributed by atoms with E-state index in [-0.39, 0.29) is 11.9 Å². The summed E-state index contributed by atoms with van der Waals surface area (Å²) in [5.74, 6) is 0.000556. The molecule has 1 saturated heterocycles. The van der Waals surface area contributed by atoms with Gasteiger partial charge in [-0.05, 0) is 40.2 Å². The third-order valence-electron chi connectivity index (χ3n) is 3.12. The molecule has 3 N–H and O–H groups in total. The molecule has 4 nitrogen and oxygen atoms in total. The Labute approximate surface area is 91.4 Å². The Morgan fingerprint density at radius 3 is 2.67 bits per heavy atom. The summed E-state index contributed by atoms with van der Waals surface area (Å²) in [4.78, 5) is 11.8. The van der Waals surface area contributed by atoms with E-state index in [0.29, 0.717) is 0 Å². The number of hydrogen-bond donors (Lipinski definition) is 3. The molecule has 15 heavy (non-hydrogen) atoms. The zero-order valence-electron chi connectivity index (χ0n) is 9.84. The van der Waals surface area contributed by atoms with Gasteiger partial charge in [0.25, 0.3) is 0 Å². The lowest BCUT2D eigenvalue weighted by atomic mass is 9.97. The monoisotopic (exact) mass is 214 g/mol. The van der Waals surface area contributed by atoms with Crippen LogP contribution in [0.4, 0.5) is 0 Å². The molecule has 1 rings (SSSR count). The van der Waals surface area contributed by atoms with Crippen LogP contribution in [-0.2, 0) is 4.79 Å². The Morgan fingerprint density at radius 1 is 1.53 bits per heavy atom. The van der Waals surface area contributed by atoms with Crippen molar-refractivity contribution in [2.75, 3.05) is 6.54 Å². The van der Waals surface area contributed by atoms with Gasteiger partial charge in [-0.2, -0.15) is 0 Å². The predicted octanol–water partition coefficient (Wildman–Crippen LogP) is 0.404. The van der Waals surface area contributed by atoms with Gasteiger partial charge in [0.1, 0.15) is 0 Å². The molecule has 0 aliphatic carbocycles. The minimum absolute atomic E-state index is 0.000556. The van der Waals surface area contributed by atoms with Crippen LogP contribution in [0.3, 0.4) is 0 Å². The van der Waals surface area contributed by atoms with Crippen LogP contribution in [0, 0.1) is 0 Å². The topological polar surface area (TPSA) is 61.4 Å². The fraction of sp³-hybridized carbons (Fsp3) is 0.909. The summed E-state index contributed by atoms with van der Waals surface area (Å²) in [5.41, 5.74) is -0.559. The van der Waals surface area contributed by atoms with Gasteiger partial charge in [-0.1, -0.05) is 6.42 Å². The zero-order chi connectivity index (χ0) is 11.5. The van der Waals surface area contributed by atoms with Crippen molar-refractivity contribution in [3.05, 3.63) is 0 Å². The van der Waals surface area contributed by atoms with Crippen molar-refractivity contribution in [2.45, 2.75) is 57.7 Å². The van der Waals surface area contributed by atoms with E-state index in [4.69, 9.17) is 0 Å². The number of aliphatic hydroxyl groups is 1. The van der Waals surface area contributed by atoms with E-state index in [2.05, 4.69) is 10.6 Å². The summed E-state index contributed by atoms with van der Waals surface area (Å²) in [6, 6.07) is -0.0863. The van der Waals surface area contributed by atoms with Crippen LogP contribution in [0.5, 0.6) is 0 Å². The molecule has 1 amide bonds. The summed E-state index contributed by atoms with van der Waals surface area (Å²) < 4.78 is 0. The van der Waals surface area contributed by atoms with Crippen LogP contribution >= 0.6 is 0 Å². The molecule has 1 aliphatic rings. The number of piperidine rings is 1. The quantitative estimate of drug-likeness (QED) is 0.637. The molecule has 0 saturated carbocycles. The van der Waals surface area contributed by atoms with E-state index in [9.17, 15) is 9.90 Å². The minimum Gasteiger partial charge on any atom is -0.391 e. The van der Waals surface area contributed by atoms with Crippen LogP contribution in [0.2, 0.25) is 0 Å². The van der Waals surface area contributed by atoms with Crippen molar-refractivity contribution in [3.8, 4) is 0 Å². The normalized spacial score (nSPS) is 24.7. The number of nitrogens with one attached hydrogen (secondary N) is 2. The molecule has 0 spiro atoms. The highest BCUT2D eigenvalue weighted by atomic mass is 16.3. The first-order valence-electron chi connectivity index (χ1n) is 5.67. The van der Waals surface area contributed by atoms with E-state index in [1.54, 1.807) is 6.92 Å². The van der Waals surface area contributed by atoms with Crippen LogP contribution in [0.1, 0.15) is 40.0 Å². The predicted molar refractivity (Wildman–Crippen MR) is 59.5 cm³/mol. The summed E-state index contributed by atoms with van der Waals surface area (Å²) in [6.07, 6.45) is 2.58. The van der Waals surface area contributed by atoms with E-state index in [1.807, 2.05) is 13.8 Å². The van der Waals surface area contributed by atoms with Crippen LogP contribution in [-0.4, -0.2) is 35.2 Å². The van der Waals surface area contributed by atoms with Crippen molar-refractivity contribution >= 4 is 5.91 Å². The maximum Gasteiger partial charge on any atom is 0.237 e. The average molecular weight is 214 g/mol. The smallest absolute Gasteiger partial charge is 0.237 e. The number of rotatable bonds is 3. The largest absolute Gasteiger partial charge is 0.391 e. The minimum atomic E-state index is -0.559. The molecule has 1 fully saturated rings. The molecule has 0 aromatic heterocycles. The van der Waals surface area contributed by atoms with Gasteiger partial charge in [0.05, 0.1) is 17.7 Å². The van der Waals surface area contributed by atoms with Gasteiger partial charge in [0.15, 0.2) is 0 Å². The van der Waals surface area contributed by atoms with Crippen LogP contribution in [0.15, 0.2) is 0 Å². The fourth-order valence-electron chi connectivity index (χ4n) is 1.58. The SMILES string of the molecule is CC(O)C(C)(C)NC(=O)[C@H]1CCCCN1. The van der Waals surface area contributed by atoms with Gasteiger partial charge in [-0.25, -0.2) is 0 Å². The molecule has 1 unspecified atom stereocenters. The van der Waals surface area contributed by atoms with Gasteiger partial charge in [0, 0.05) is 0 Å². The molecule has 4 heteroatoms. The van der Waals surface area contributed by atoms with E-state index in [0.717, 1.165) is 25.8 Å². The highest BCUT2D eigenvalue weighted by Crippen LogP contribution is 2.12. The Kier molecular flexibility index (Phi) is 4.11. The van der Waals surface area contributed by atoms with Gasteiger partial charge < -0.3 is 15.7 Å². The standard InChI is InChI=1S/C11H22N2O2/c1-8(14)11(2,3)13-10(15)9-6-4-5-7-12-9/h8-9,12,14H,4-7H2,1-3H3,(H,13,15)/t8?,9-/m1/s1. The summed E-state index contributed by atoms with van der Waals surface area (Å²) >= 11 is 0. The van der Waals surface area contributed by atoms with Crippen molar-refractivity contribution in [1.82, 2.24) is 10.6 Å². The van der Waals surface area contributed by atoms with Gasteiger partial charge in [-0.3, -0.25) is 4.79 Å². The molecular weight excluding hydrogens is 192 g/mol. The van der Waals surface area contributed by atoms with E-state index < -0.39 is 11.6 Å². The number of amides is 1. The second-order valence-electron chi connectivity index (χ2n) is 4.89. The zero-order valence-corrected chi connectivity index (χ0v) is 9.84. The molecular formula is C11H22N2O2. The number of aliphatic hydroxyl groups excluding tert-OH is 1. The Morgan fingerprint density at radius 2 is 2.20 bits per heavy atom. The van der Waals surface area contributed by atoms with Gasteiger partial charge >= 0.3 is 0 Å². The highest BCUT2D eigenvalue weighted by Gasteiger charge is 2.29. The second kappa shape index (κ2) is 4.94. The first-order valence-corrected chi connectivity index (χ1v) is 5.67. The first-order chi connectivity index (χ1) is 6.93. The number of hydrogen-bond acceptors (Lipinski definition) is 3. The average Bonchev–Trinajstić information content (AvgIpc) is 2.18. The molecule has 0 radical (unpaired) electrons. The van der Waals surface area contributed by atoms with Crippen LogP contribution in [0.25, 0.3) is 0 Å². The van der Waals surface area contributed by atoms with Gasteiger partial charge in [0.2, 0.25) is 5.91 Å². The van der Waals surface area contributed by atoms with Crippen molar-refractivity contribution in [1.29, 1.82) is 0 Å². The summed E-state index contributed by atoms with van der Waals surface area (Å²) in [5, 5.41) is 15.6. The lowest BCUT2D eigenvalue weighted by Gasteiger charge is -2.32. The third-order valence-corrected chi connectivity index (χ3v) is 3.12. The maximum absolute atomic E-state index is 11.8. The molecule has 88 valence electrons.